The molecule has 52 heavy (non-hydrogen) atoms. The van der Waals surface area contributed by atoms with Crippen molar-refractivity contribution in [1.29, 1.82) is 0 Å². The van der Waals surface area contributed by atoms with Crippen LogP contribution in [0.5, 0.6) is 0 Å². The summed E-state index contributed by atoms with van der Waals surface area (Å²) in [5.74, 6) is 0. The molecule has 0 saturated carbocycles. The van der Waals surface area contributed by atoms with Gasteiger partial charge in [0.2, 0.25) is 0 Å². The van der Waals surface area contributed by atoms with Crippen LogP contribution in [0.25, 0.3) is 43.8 Å². The van der Waals surface area contributed by atoms with Gasteiger partial charge < -0.3 is 0 Å². The molecule has 0 bridgehead atoms. The molecule has 0 amide bonds. The fourth-order valence-corrected chi connectivity index (χ4v) is 7.54. The van der Waals surface area contributed by atoms with Crippen molar-refractivity contribution in [3.8, 4) is 22.3 Å². The van der Waals surface area contributed by atoms with Crippen molar-refractivity contribution in [3.63, 3.8) is 0 Å². The van der Waals surface area contributed by atoms with Crippen molar-refractivity contribution in [1.82, 2.24) is 0 Å². The second kappa shape index (κ2) is 20.5. The molecule has 0 nitrogen and oxygen atoms in total. The van der Waals surface area contributed by atoms with Crippen LogP contribution >= 0.6 is 17.0 Å². The van der Waals surface area contributed by atoms with Gasteiger partial charge in [-0.05, 0) is 62.5 Å². The molecule has 6 aromatic rings. The molecule has 0 aliphatic heterocycles. The van der Waals surface area contributed by atoms with Gasteiger partial charge in [0.05, 0.1) is 0 Å². The second-order valence-corrected chi connectivity index (χ2v) is 21.7. The van der Waals surface area contributed by atoms with Gasteiger partial charge in [0.25, 0.3) is 0 Å². The van der Waals surface area contributed by atoms with Gasteiger partial charge in [-0.1, -0.05) is 149 Å². The van der Waals surface area contributed by atoms with Crippen LogP contribution in [-0.4, -0.2) is 9.52 Å². The van der Waals surface area contributed by atoms with E-state index in [1.165, 1.54) is 89.6 Å². The molecule has 0 aromatic heterocycles. The quantitative estimate of drug-likeness (QED) is 0.116. The zero-order valence-electron chi connectivity index (χ0n) is 33.8. The second-order valence-electron chi connectivity index (χ2n) is 16.7. The maximum absolute atomic E-state index is 4.93. The van der Waals surface area contributed by atoms with Crippen molar-refractivity contribution >= 4 is 48.1 Å². The average molecular weight is 827 g/mol. The van der Waals surface area contributed by atoms with Crippen LogP contribution in [-0.2, 0) is 33.7 Å². The van der Waals surface area contributed by atoms with Crippen molar-refractivity contribution in [3.05, 3.63) is 130 Å². The SMILES string of the molecule is CCC[Si]C.Cc1cc(C)cc(-c2cccc3[cH-]c(CC(C)(C)C)cc23)c1.Cc1cc(C)cc(-c2cccc3[cH-]c(CC(C)(C)C)cc23)c1.[Cl][Zr+2][Cl]. The molecule has 6 rings (SSSR count). The molecule has 274 valence electrons. The Morgan fingerprint density at radius 3 is 1.19 bits per heavy atom. The molecule has 0 N–H and O–H groups in total. The van der Waals surface area contributed by atoms with Crippen molar-refractivity contribution in [2.45, 2.75) is 108 Å². The predicted molar refractivity (Wildman–Crippen MR) is 234 cm³/mol. The summed E-state index contributed by atoms with van der Waals surface area (Å²) in [6, 6.07) is 37.8. The molecular weight excluding hydrogens is 767 g/mol. The van der Waals surface area contributed by atoms with Gasteiger partial charge in [-0.2, -0.15) is 12.1 Å². The first-order chi connectivity index (χ1) is 24.5. The Hall–Kier alpha value is -2.22. The normalized spacial score (nSPS) is 11.2. The fourth-order valence-electron chi connectivity index (χ4n) is 7.04. The van der Waals surface area contributed by atoms with E-state index in [1.54, 1.807) is 0 Å². The van der Waals surface area contributed by atoms with Crippen LogP contribution in [0.1, 0.15) is 88.3 Å². The molecule has 0 fully saturated rings. The van der Waals surface area contributed by atoms with Crippen LogP contribution in [0.4, 0.5) is 0 Å². The molecule has 2 radical (unpaired) electrons. The first-order valence-corrected chi connectivity index (χ1v) is 26.7. The van der Waals surface area contributed by atoms with E-state index < -0.39 is 20.8 Å². The van der Waals surface area contributed by atoms with Crippen molar-refractivity contribution in [2.24, 2.45) is 10.8 Å². The Morgan fingerprint density at radius 1 is 0.577 bits per heavy atom. The summed E-state index contributed by atoms with van der Waals surface area (Å²) in [7, 11) is 11.0. The van der Waals surface area contributed by atoms with E-state index in [1.807, 2.05) is 0 Å². The van der Waals surface area contributed by atoms with Crippen LogP contribution in [0.15, 0.2) is 97.1 Å². The number of hydrogen-bond donors (Lipinski definition) is 0. The Bertz CT molecular complexity index is 1810. The van der Waals surface area contributed by atoms with Gasteiger partial charge in [0, 0.05) is 9.52 Å². The zero-order chi connectivity index (χ0) is 38.6. The summed E-state index contributed by atoms with van der Waals surface area (Å²) in [5, 5.41) is 5.48. The van der Waals surface area contributed by atoms with Crippen LogP contribution in [0.2, 0.25) is 12.6 Å². The molecule has 0 spiro atoms. The zero-order valence-corrected chi connectivity index (χ0v) is 38.8. The van der Waals surface area contributed by atoms with Gasteiger partial charge in [-0.15, -0.1) is 69.1 Å². The molecule has 0 atom stereocenters. The molecule has 0 aliphatic carbocycles. The number of hydrogen-bond acceptors (Lipinski definition) is 0. The summed E-state index contributed by atoms with van der Waals surface area (Å²) in [6.07, 6.45) is 3.59. The monoisotopic (exact) mass is 824 g/mol. The van der Waals surface area contributed by atoms with Crippen molar-refractivity contribution in [2.75, 3.05) is 0 Å². The van der Waals surface area contributed by atoms with Crippen LogP contribution < -0.4 is 0 Å². The molecular formula is C48H60Cl2SiZr. The fraction of sp³-hybridized carbons (Fsp3) is 0.375. The van der Waals surface area contributed by atoms with E-state index in [0.717, 1.165) is 22.4 Å². The summed E-state index contributed by atoms with van der Waals surface area (Å²) in [5.41, 5.74) is 14.2. The first-order valence-electron chi connectivity index (χ1n) is 18.6. The van der Waals surface area contributed by atoms with Crippen molar-refractivity contribution < 1.29 is 20.8 Å². The molecule has 4 heteroatoms. The predicted octanol–water partition coefficient (Wildman–Crippen LogP) is 15.8. The third kappa shape index (κ3) is 14.2. The van der Waals surface area contributed by atoms with E-state index >= 15 is 0 Å². The van der Waals surface area contributed by atoms with Gasteiger partial charge in [-0.3, -0.25) is 0 Å². The van der Waals surface area contributed by atoms with Gasteiger partial charge >= 0.3 is 37.9 Å². The third-order valence-corrected chi connectivity index (χ3v) is 9.66. The number of halogens is 2. The van der Waals surface area contributed by atoms with E-state index in [4.69, 9.17) is 17.0 Å². The minimum atomic E-state index is -0.826. The van der Waals surface area contributed by atoms with Crippen LogP contribution in [0.3, 0.4) is 0 Å². The topological polar surface area (TPSA) is 0 Å². The first kappa shape index (κ1) is 44.2. The third-order valence-electron chi connectivity index (χ3n) is 8.66. The summed E-state index contributed by atoms with van der Waals surface area (Å²) < 4.78 is 0. The molecule has 0 aliphatic rings. The number of rotatable bonds is 6. The Morgan fingerprint density at radius 2 is 0.923 bits per heavy atom. The van der Waals surface area contributed by atoms with Gasteiger partial charge in [0.15, 0.2) is 0 Å². The molecule has 0 heterocycles. The average Bonchev–Trinajstić information content (AvgIpc) is 3.62. The van der Waals surface area contributed by atoms with E-state index in [2.05, 4.69) is 180 Å². The minimum absolute atomic E-state index is 0.324. The molecule has 6 aromatic carbocycles. The maximum atomic E-state index is 4.93. The van der Waals surface area contributed by atoms with Gasteiger partial charge in [0.1, 0.15) is 0 Å². The Balaban J connectivity index is 0.000000233. The Labute approximate surface area is 338 Å². The molecule has 0 unspecified atom stereocenters. The van der Waals surface area contributed by atoms with E-state index in [-0.39, 0.29) is 0 Å². The summed E-state index contributed by atoms with van der Waals surface area (Å²) in [4.78, 5) is 0. The standard InChI is InChI=1S/2C22H25.C4H10Si.2ClH.Zr/c2*1-15-9-16(2)11-19(10-15)20-8-6-7-18-12-17(13-21(18)20)14-22(3,4)5;1-3-4-5-2;;;/h2*6-13H,14H2,1-5H3;3-4H2,1-2H3;2*1H;/q2*-1;;;;+4/p-2. The van der Waals surface area contributed by atoms with E-state index in [9.17, 15) is 0 Å². The van der Waals surface area contributed by atoms with Crippen LogP contribution in [0, 0.1) is 38.5 Å². The Kier molecular flexibility index (Phi) is 17.4. The van der Waals surface area contributed by atoms with Gasteiger partial charge in [-0.25, -0.2) is 0 Å². The summed E-state index contributed by atoms with van der Waals surface area (Å²) >= 11 is -0.826. The number of benzene rings is 4. The summed E-state index contributed by atoms with van der Waals surface area (Å²) in [6.45, 7) is 27.0. The molecule has 0 saturated heterocycles. The number of aryl methyl sites for hydroxylation is 4. The number of fused-ring (bicyclic) bond motifs is 2. The van der Waals surface area contributed by atoms with E-state index in [0.29, 0.717) is 10.8 Å².